The highest BCUT2D eigenvalue weighted by Crippen LogP contribution is 2.15. The highest BCUT2D eigenvalue weighted by atomic mass is 35.5. The van der Waals surface area contributed by atoms with Crippen molar-refractivity contribution < 1.29 is 4.79 Å². The molecule has 74 valence electrons. The van der Waals surface area contributed by atoms with Gasteiger partial charge in [0.15, 0.2) is 5.12 Å². The van der Waals surface area contributed by atoms with Gasteiger partial charge >= 0.3 is 0 Å². The first-order valence-electron chi connectivity index (χ1n) is 4.09. The summed E-state index contributed by atoms with van der Waals surface area (Å²) in [6, 6.07) is 1.83. The van der Waals surface area contributed by atoms with Crippen LogP contribution in [0.15, 0.2) is 24.5 Å². The Hall–Kier alpha value is -0.800. The van der Waals surface area contributed by atoms with Crippen LogP contribution in [-0.4, -0.2) is 15.9 Å². The first kappa shape index (κ1) is 11.3. The van der Waals surface area contributed by atoms with E-state index in [0.29, 0.717) is 10.8 Å². The number of carbonyl (C=O) groups is 1. The van der Waals surface area contributed by atoms with E-state index in [1.807, 2.05) is 18.2 Å². The third-order valence-electron chi connectivity index (χ3n) is 1.48. The summed E-state index contributed by atoms with van der Waals surface area (Å²) < 4.78 is 0. The van der Waals surface area contributed by atoms with Crippen LogP contribution in [0.25, 0.3) is 6.08 Å². The van der Waals surface area contributed by atoms with Crippen molar-refractivity contribution in [1.29, 1.82) is 0 Å². The Balaban J connectivity index is 2.52. The smallest absolute Gasteiger partial charge is 0.186 e. The maximum atomic E-state index is 10.6. The number of halogens is 1. The third kappa shape index (κ3) is 3.94. The van der Waals surface area contributed by atoms with E-state index in [-0.39, 0.29) is 5.12 Å². The van der Waals surface area contributed by atoms with Crippen molar-refractivity contribution >= 4 is 34.6 Å². The van der Waals surface area contributed by atoms with Gasteiger partial charge in [0.1, 0.15) is 0 Å². The number of nitrogens with zero attached hydrogens (tertiary/aromatic N) is 1. The Morgan fingerprint density at radius 2 is 2.50 bits per heavy atom. The molecule has 0 N–H and O–H groups in total. The molecule has 0 aliphatic heterocycles. The van der Waals surface area contributed by atoms with Crippen LogP contribution in [-0.2, 0) is 4.79 Å². The molecule has 1 rings (SSSR count). The van der Waals surface area contributed by atoms with Crippen molar-refractivity contribution in [2.24, 2.45) is 0 Å². The molecule has 0 atom stereocenters. The number of thioether (sulfide) groups is 1. The zero-order valence-electron chi connectivity index (χ0n) is 7.74. The molecule has 0 unspecified atom stereocenters. The second-order valence-electron chi connectivity index (χ2n) is 2.60. The van der Waals surface area contributed by atoms with Crippen LogP contribution < -0.4 is 0 Å². The van der Waals surface area contributed by atoms with Crippen molar-refractivity contribution in [2.75, 3.05) is 5.75 Å². The van der Waals surface area contributed by atoms with E-state index in [2.05, 4.69) is 4.98 Å². The fourth-order valence-corrected chi connectivity index (χ4v) is 1.47. The molecular weight excluding hydrogens is 218 g/mol. The number of carbonyl (C=O) groups excluding carboxylic acids is 1. The van der Waals surface area contributed by atoms with Crippen molar-refractivity contribution in [3.05, 3.63) is 35.1 Å². The van der Waals surface area contributed by atoms with Crippen molar-refractivity contribution in [3.63, 3.8) is 0 Å². The monoisotopic (exact) mass is 227 g/mol. The zero-order chi connectivity index (χ0) is 10.4. The summed E-state index contributed by atoms with van der Waals surface area (Å²) in [5.41, 5.74) is 0.922. The lowest BCUT2D eigenvalue weighted by atomic mass is 10.2. The largest absolute Gasteiger partial charge is 0.288 e. The molecule has 0 aliphatic carbocycles. The molecule has 1 aromatic heterocycles. The van der Waals surface area contributed by atoms with Gasteiger partial charge in [0, 0.05) is 25.1 Å². The number of pyridine rings is 1. The average Bonchev–Trinajstić information content (AvgIpc) is 2.15. The maximum Gasteiger partial charge on any atom is 0.186 e. The summed E-state index contributed by atoms with van der Waals surface area (Å²) in [5, 5.41) is 0.743. The number of rotatable bonds is 3. The van der Waals surface area contributed by atoms with E-state index in [9.17, 15) is 4.79 Å². The number of hydrogen-bond donors (Lipinski definition) is 0. The minimum absolute atomic E-state index is 0.121. The van der Waals surface area contributed by atoms with Crippen LogP contribution in [0.5, 0.6) is 0 Å². The molecule has 0 saturated heterocycles. The van der Waals surface area contributed by atoms with Gasteiger partial charge in [0.05, 0.1) is 5.02 Å². The van der Waals surface area contributed by atoms with Crippen LogP contribution in [0.1, 0.15) is 12.5 Å². The first-order chi connectivity index (χ1) is 6.70. The molecule has 4 heteroatoms. The zero-order valence-corrected chi connectivity index (χ0v) is 9.31. The number of aromatic nitrogens is 1. The van der Waals surface area contributed by atoms with Crippen molar-refractivity contribution in [1.82, 2.24) is 4.98 Å². The highest BCUT2D eigenvalue weighted by molar-refractivity contribution is 8.13. The van der Waals surface area contributed by atoms with Gasteiger partial charge in [0.2, 0.25) is 0 Å². The van der Waals surface area contributed by atoms with Crippen molar-refractivity contribution in [2.45, 2.75) is 6.92 Å². The summed E-state index contributed by atoms with van der Waals surface area (Å²) >= 11 is 7.15. The van der Waals surface area contributed by atoms with Gasteiger partial charge in [-0.25, -0.2) is 0 Å². The quantitative estimate of drug-likeness (QED) is 0.795. The minimum atomic E-state index is 0.121. The summed E-state index contributed by atoms with van der Waals surface area (Å²) in [6.45, 7) is 1.55. The SMILES string of the molecule is CC(=O)SCC=Cc1ccncc1Cl. The lowest BCUT2D eigenvalue weighted by Crippen LogP contribution is -1.82. The highest BCUT2D eigenvalue weighted by Gasteiger charge is 1.94. The fraction of sp³-hybridized carbons (Fsp3) is 0.200. The predicted molar refractivity (Wildman–Crippen MR) is 61.4 cm³/mol. The van der Waals surface area contributed by atoms with Crippen LogP contribution in [0.3, 0.4) is 0 Å². The van der Waals surface area contributed by atoms with Crippen LogP contribution in [0, 0.1) is 0 Å². The molecule has 0 aromatic carbocycles. The van der Waals surface area contributed by atoms with E-state index >= 15 is 0 Å². The standard InChI is InChI=1S/C10H10ClNOS/c1-8(13)14-6-2-3-9-4-5-12-7-10(9)11/h2-5,7H,6H2,1H3. The second-order valence-corrected chi connectivity index (χ2v) is 4.21. The van der Waals surface area contributed by atoms with Gasteiger partial charge in [-0.3, -0.25) is 9.78 Å². The fourth-order valence-electron chi connectivity index (χ4n) is 0.862. The third-order valence-corrected chi connectivity index (χ3v) is 2.57. The summed E-state index contributed by atoms with van der Waals surface area (Å²) in [4.78, 5) is 14.5. The van der Waals surface area contributed by atoms with Gasteiger partial charge in [-0.1, -0.05) is 35.5 Å². The van der Waals surface area contributed by atoms with Crippen LogP contribution >= 0.6 is 23.4 Å². The minimum Gasteiger partial charge on any atom is -0.288 e. The molecule has 14 heavy (non-hydrogen) atoms. The Bertz CT molecular complexity index is 352. The Morgan fingerprint density at radius 1 is 1.71 bits per heavy atom. The maximum absolute atomic E-state index is 10.6. The summed E-state index contributed by atoms with van der Waals surface area (Å²) in [5.74, 6) is 0.675. The van der Waals surface area contributed by atoms with E-state index in [1.165, 1.54) is 11.8 Å². The lowest BCUT2D eigenvalue weighted by Gasteiger charge is -1.95. The number of hydrogen-bond acceptors (Lipinski definition) is 3. The second kappa shape index (κ2) is 5.83. The molecule has 0 fully saturated rings. The average molecular weight is 228 g/mol. The molecular formula is C10H10ClNOS. The van der Waals surface area contributed by atoms with Crippen LogP contribution in [0.2, 0.25) is 5.02 Å². The van der Waals surface area contributed by atoms with E-state index < -0.39 is 0 Å². The molecule has 1 heterocycles. The molecule has 1 aromatic rings. The van der Waals surface area contributed by atoms with Crippen LogP contribution in [0.4, 0.5) is 0 Å². The molecule has 0 bridgehead atoms. The van der Waals surface area contributed by atoms with Gasteiger partial charge in [0.25, 0.3) is 0 Å². The van der Waals surface area contributed by atoms with Crippen molar-refractivity contribution in [3.8, 4) is 0 Å². The van der Waals surface area contributed by atoms with Gasteiger partial charge in [-0.15, -0.1) is 0 Å². The van der Waals surface area contributed by atoms with Gasteiger partial charge in [-0.2, -0.15) is 0 Å². The molecule has 0 amide bonds. The summed E-state index contributed by atoms with van der Waals surface area (Å²) in [6.07, 6.45) is 7.08. The topological polar surface area (TPSA) is 30.0 Å². The molecule has 0 saturated carbocycles. The summed E-state index contributed by atoms with van der Waals surface area (Å²) in [7, 11) is 0. The van der Waals surface area contributed by atoms with E-state index in [0.717, 1.165) is 5.56 Å². The molecule has 0 radical (unpaired) electrons. The normalized spacial score (nSPS) is 10.7. The molecule has 2 nitrogen and oxygen atoms in total. The molecule has 0 spiro atoms. The lowest BCUT2D eigenvalue weighted by molar-refractivity contribution is -0.109. The molecule has 0 aliphatic rings. The Morgan fingerprint density at radius 3 is 3.14 bits per heavy atom. The Kier molecular flexibility index (Phi) is 4.70. The first-order valence-corrected chi connectivity index (χ1v) is 5.46. The predicted octanol–water partition coefficient (Wildman–Crippen LogP) is 3.03. The Labute approximate surface area is 92.4 Å². The van der Waals surface area contributed by atoms with E-state index in [4.69, 9.17) is 11.6 Å². The van der Waals surface area contributed by atoms with Gasteiger partial charge in [-0.05, 0) is 11.6 Å². The van der Waals surface area contributed by atoms with E-state index in [1.54, 1.807) is 19.3 Å². The van der Waals surface area contributed by atoms with Gasteiger partial charge < -0.3 is 0 Å².